The first-order chi connectivity index (χ1) is 13.8. The zero-order chi connectivity index (χ0) is 20.8. The number of hydrogen-bond acceptors (Lipinski definition) is 8. The van der Waals surface area contributed by atoms with Gasteiger partial charge in [-0.3, -0.25) is 9.36 Å². The number of nitrogens with zero attached hydrogens (tertiary/aromatic N) is 3. The first-order valence-corrected chi connectivity index (χ1v) is 9.98. The first kappa shape index (κ1) is 19.1. The van der Waals surface area contributed by atoms with Crippen molar-refractivity contribution in [3.63, 3.8) is 0 Å². The third-order valence-electron chi connectivity index (χ3n) is 4.46. The van der Waals surface area contributed by atoms with Crippen molar-refractivity contribution >= 4 is 32.6 Å². The Kier molecular flexibility index (Phi) is 4.57. The second-order valence-corrected chi connectivity index (χ2v) is 7.96. The molecule has 3 heterocycles. The lowest BCUT2D eigenvalue weighted by molar-refractivity contribution is 0.0812. The van der Waals surface area contributed by atoms with Crippen molar-refractivity contribution in [2.75, 3.05) is 11.9 Å². The molecule has 1 atom stereocenters. The van der Waals surface area contributed by atoms with Gasteiger partial charge in [-0.15, -0.1) is 4.40 Å². The molecule has 0 fully saturated rings. The van der Waals surface area contributed by atoms with Gasteiger partial charge >= 0.3 is 0 Å². The second-order valence-electron chi connectivity index (χ2n) is 6.39. The van der Waals surface area contributed by atoms with E-state index in [4.69, 9.17) is 5.11 Å². The Hall–Kier alpha value is -3.28. The van der Waals surface area contributed by atoms with Crippen LogP contribution in [0.3, 0.4) is 0 Å². The SMILES string of the molecule is O=c1c(C2=NS(=O)(=O)c3ccccc3N2)c(O)c2cccnc2n1CC(O)CO. The third-order valence-corrected chi connectivity index (χ3v) is 5.80. The fraction of sp³-hybridized carbons (Fsp3) is 0.167. The van der Waals surface area contributed by atoms with E-state index in [2.05, 4.69) is 14.7 Å². The average molecular weight is 416 g/mol. The minimum absolute atomic E-state index is 0.0540. The summed E-state index contributed by atoms with van der Waals surface area (Å²) in [5, 5.41) is 32.7. The molecule has 0 saturated carbocycles. The highest BCUT2D eigenvalue weighted by molar-refractivity contribution is 7.90. The molecule has 1 aliphatic rings. The van der Waals surface area contributed by atoms with Crippen LogP contribution in [0.25, 0.3) is 11.0 Å². The molecular weight excluding hydrogens is 400 g/mol. The predicted molar refractivity (Wildman–Crippen MR) is 105 cm³/mol. The molecule has 0 spiro atoms. The summed E-state index contributed by atoms with van der Waals surface area (Å²) in [5.74, 6) is -0.835. The summed E-state index contributed by atoms with van der Waals surface area (Å²) in [6.07, 6.45) is 0.140. The second kappa shape index (κ2) is 6.95. The number of para-hydroxylation sites is 1. The van der Waals surface area contributed by atoms with Crippen LogP contribution in [0, 0.1) is 0 Å². The van der Waals surface area contributed by atoms with Crippen LogP contribution >= 0.6 is 0 Å². The summed E-state index contributed by atoms with van der Waals surface area (Å²) >= 11 is 0. The Morgan fingerprint density at radius 1 is 1.17 bits per heavy atom. The molecule has 10 nitrogen and oxygen atoms in total. The van der Waals surface area contributed by atoms with Gasteiger partial charge < -0.3 is 20.6 Å². The maximum Gasteiger partial charge on any atom is 0.286 e. The topological polar surface area (TPSA) is 154 Å². The van der Waals surface area contributed by atoms with Crippen molar-refractivity contribution in [2.45, 2.75) is 17.5 Å². The van der Waals surface area contributed by atoms with Gasteiger partial charge in [0.25, 0.3) is 15.6 Å². The van der Waals surface area contributed by atoms with Gasteiger partial charge in [0.1, 0.15) is 21.9 Å². The molecule has 29 heavy (non-hydrogen) atoms. The van der Waals surface area contributed by atoms with E-state index in [0.717, 1.165) is 4.57 Å². The molecule has 0 amide bonds. The van der Waals surface area contributed by atoms with Gasteiger partial charge in [-0.05, 0) is 24.3 Å². The normalized spacial score (nSPS) is 16.0. The summed E-state index contributed by atoms with van der Waals surface area (Å²) in [5.41, 5.74) is -0.911. The Morgan fingerprint density at radius 2 is 1.93 bits per heavy atom. The molecule has 0 bridgehead atoms. The molecule has 3 aromatic rings. The number of aromatic nitrogens is 2. The summed E-state index contributed by atoms with van der Waals surface area (Å²) in [6, 6.07) is 9.07. The van der Waals surface area contributed by atoms with Gasteiger partial charge in [0.15, 0.2) is 5.84 Å². The number of aliphatic hydroxyl groups is 2. The number of sulfonamides is 1. The Labute approximate surface area is 164 Å². The van der Waals surface area contributed by atoms with Crippen LogP contribution in [-0.2, 0) is 16.6 Å². The number of benzene rings is 1. The number of rotatable bonds is 4. The standard InChI is InChI=1S/C18H16N4O6S/c23-9-10(24)8-22-17-11(4-3-7-19-17)15(25)14(18(22)26)16-20-12-5-1-2-6-13(12)29(27,28)21-16/h1-7,10,23-25H,8-9H2,(H,20,21). The summed E-state index contributed by atoms with van der Waals surface area (Å²) in [6.45, 7) is -0.912. The zero-order valence-electron chi connectivity index (χ0n) is 14.8. The van der Waals surface area contributed by atoms with Crippen molar-refractivity contribution < 1.29 is 23.7 Å². The maximum atomic E-state index is 13.1. The van der Waals surface area contributed by atoms with Gasteiger partial charge in [-0.1, -0.05) is 12.1 Å². The van der Waals surface area contributed by atoms with Crippen LogP contribution in [0.15, 0.2) is 56.7 Å². The van der Waals surface area contributed by atoms with Gasteiger partial charge in [0, 0.05) is 6.20 Å². The maximum absolute atomic E-state index is 13.1. The van der Waals surface area contributed by atoms with E-state index in [1.807, 2.05) is 0 Å². The van der Waals surface area contributed by atoms with Gasteiger partial charge in [-0.2, -0.15) is 8.42 Å². The number of pyridine rings is 2. The largest absolute Gasteiger partial charge is 0.506 e. The minimum Gasteiger partial charge on any atom is -0.506 e. The number of aromatic hydroxyl groups is 1. The van der Waals surface area contributed by atoms with E-state index in [-0.39, 0.29) is 39.6 Å². The Bertz CT molecular complexity index is 1320. The summed E-state index contributed by atoms with van der Waals surface area (Å²) in [4.78, 5) is 17.2. The highest BCUT2D eigenvalue weighted by atomic mass is 32.2. The number of aliphatic hydroxyl groups excluding tert-OH is 2. The van der Waals surface area contributed by atoms with E-state index < -0.39 is 34.0 Å². The fourth-order valence-electron chi connectivity index (χ4n) is 3.14. The molecular formula is C18H16N4O6S. The van der Waals surface area contributed by atoms with Crippen molar-refractivity contribution in [2.24, 2.45) is 4.40 Å². The van der Waals surface area contributed by atoms with Crippen LogP contribution in [0.2, 0.25) is 0 Å². The highest BCUT2D eigenvalue weighted by Gasteiger charge is 2.30. The van der Waals surface area contributed by atoms with E-state index in [9.17, 15) is 23.4 Å². The Balaban J connectivity index is 2.00. The van der Waals surface area contributed by atoms with Crippen molar-refractivity contribution in [1.29, 1.82) is 0 Å². The molecule has 4 N–H and O–H groups in total. The van der Waals surface area contributed by atoms with Gasteiger partial charge in [0.2, 0.25) is 0 Å². The van der Waals surface area contributed by atoms with Crippen molar-refractivity contribution in [3.05, 3.63) is 58.5 Å². The highest BCUT2D eigenvalue weighted by Crippen LogP contribution is 2.31. The number of nitrogens with one attached hydrogen (secondary N) is 1. The third kappa shape index (κ3) is 3.14. The predicted octanol–water partition coefficient (Wildman–Crippen LogP) is 0.0163. The average Bonchev–Trinajstić information content (AvgIpc) is 2.70. The first-order valence-electron chi connectivity index (χ1n) is 8.54. The minimum atomic E-state index is -4.11. The quantitative estimate of drug-likeness (QED) is 0.464. The lowest BCUT2D eigenvalue weighted by Gasteiger charge is -2.20. The molecule has 1 unspecified atom stereocenters. The van der Waals surface area contributed by atoms with E-state index in [1.54, 1.807) is 12.1 Å². The number of hydrogen-bond donors (Lipinski definition) is 4. The van der Waals surface area contributed by atoms with E-state index >= 15 is 0 Å². The molecule has 4 rings (SSSR count). The molecule has 11 heteroatoms. The van der Waals surface area contributed by atoms with Crippen LogP contribution < -0.4 is 10.9 Å². The fourth-order valence-corrected chi connectivity index (χ4v) is 4.26. The van der Waals surface area contributed by atoms with E-state index in [0.29, 0.717) is 0 Å². The molecule has 150 valence electrons. The molecule has 1 aromatic carbocycles. The van der Waals surface area contributed by atoms with Gasteiger partial charge in [0.05, 0.1) is 30.3 Å². The number of anilines is 1. The van der Waals surface area contributed by atoms with Crippen LogP contribution in [0.1, 0.15) is 5.56 Å². The Morgan fingerprint density at radius 3 is 2.69 bits per heavy atom. The lowest BCUT2D eigenvalue weighted by atomic mass is 10.1. The van der Waals surface area contributed by atoms with Crippen molar-refractivity contribution in [1.82, 2.24) is 9.55 Å². The lowest BCUT2D eigenvalue weighted by Crippen LogP contribution is -2.35. The molecule has 2 aromatic heterocycles. The molecule has 0 radical (unpaired) electrons. The number of fused-ring (bicyclic) bond motifs is 2. The molecule has 1 aliphatic heterocycles. The van der Waals surface area contributed by atoms with Crippen LogP contribution in [-0.4, -0.2) is 51.8 Å². The molecule has 0 aliphatic carbocycles. The van der Waals surface area contributed by atoms with E-state index in [1.165, 1.54) is 30.5 Å². The smallest absolute Gasteiger partial charge is 0.286 e. The summed E-state index contributed by atoms with van der Waals surface area (Å²) < 4.78 is 29.8. The zero-order valence-corrected chi connectivity index (χ0v) is 15.7. The molecule has 0 saturated heterocycles. The monoisotopic (exact) mass is 416 g/mol. The van der Waals surface area contributed by atoms with Crippen molar-refractivity contribution in [3.8, 4) is 5.75 Å². The van der Waals surface area contributed by atoms with Crippen LogP contribution in [0.4, 0.5) is 5.69 Å². The summed E-state index contributed by atoms with van der Waals surface area (Å²) in [7, 11) is -4.11. The number of amidine groups is 1. The van der Waals surface area contributed by atoms with Gasteiger partial charge in [-0.25, -0.2) is 4.98 Å². The van der Waals surface area contributed by atoms with Crippen LogP contribution in [0.5, 0.6) is 5.75 Å².